The maximum Gasteiger partial charge on any atom is 0.230 e. The fraction of sp³-hybridized carbons (Fsp3) is 0.500. The van der Waals surface area contributed by atoms with Crippen molar-refractivity contribution in [2.24, 2.45) is 0 Å². The van der Waals surface area contributed by atoms with Gasteiger partial charge in [0.05, 0.1) is 5.75 Å². The van der Waals surface area contributed by atoms with Crippen LogP contribution in [-0.2, 0) is 17.6 Å². The van der Waals surface area contributed by atoms with Gasteiger partial charge in [-0.25, -0.2) is 0 Å². The van der Waals surface area contributed by atoms with Gasteiger partial charge in [0.15, 0.2) is 4.34 Å². The molecule has 0 fully saturated rings. The maximum atomic E-state index is 11.8. The topological polar surface area (TPSA) is 66.9 Å². The van der Waals surface area contributed by atoms with Crippen molar-refractivity contribution < 1.29 is 4.79 Å². The highest BCUT2D eigenvalue weighted by Gasteiger charge is 2.11. The number of hydrogen-bond donors (Lipinski definition) is 2. The van der Waals surface area contributed by atoms with E-state index in [1.54, 1.807) is 0 Å². The highest BCUT2D eigenvalue weighted by Crippen LogP contribution is 2.31. The van der Waals surface area contributed by atoms with Gasteiger partial charge in [-0.3, -0.25) is 4.79 Å². The Labute approximate surface area is 158 Å². The number of hydrogen-bond acceptors (Lipinski definition) is 6. The first-order valence-electron chi connectivity index (χ1n) is 8.78. The standard InChI is InChI=1S/C18H26N4OS2/c1-4-7-11-19-15(23)12-24-18-22-21-17(25-18)20-16-13(5-2)9-8-10-14(16)6-3/h8-10H,4-7,11-12H2,1-3H3,(H,19,23)(H,20,21). The Morgan fingerprint density at radius 3 is 2.52 bits per heavy atom. The summed E-state index contributed by atoms with van der Waals surface area (Å²) < 4.78 is 0.806. The Bertz CT molecular complexity index is 665. The Kier molecular flexibility index (Phi) is 8.21. The zero-order valence-electron chi connectivity index (χ0n) is 15.1. The molecule has 2 N–H and O–H groups in total. The van der Waals surface area contributed by atoms with E-state index >= 15 is 0 Å². The van der Waals surface area contributed by atoms with Crippen molar-refractivity contribution >= 4 is 39.8 Å². The van der Waals surface area contributed by atoms with Gasteiger partial charge < -0.3 is 10.6 Å². The van der Waals surface area contributed by atoms with E-state index in [-0.39, 0.29) is 5.91 Å². The molecule has 0 saturated carbocycles. The molecule has 5 nitrogen and oxygen atoms in total. The van der Waals surface area contributed by atoms with E-state index in [1.165, 1.54) is 34.2 Å². The van der Waals surface area contributed by atoms with Crippen molar-refractivity contribution in [3.05, 3.63) is 29.3 Å². The zero-order valence-corrected chi connectivity index (χ0v) is 16.7. The predicted molar refractivity (Wildman–Crippen MR) is 107 cm³/mol. The summed E-state index contributed by atoms with van der Waals surface area (Å²) in [6.45, 7) is 7.15. The summed E-state index contributed by atoms with van der Waals surface area (Å²) in [4.78, 5) is 11.8. The quantitative estimate of drug-likeness (QED) is 0.473. The molecule has 0 radical (unpaired) electrons. The molecule has 0 aliphatic carbocycles. The number of thioether (sulfide) groups is 1. The Balaban J connectivity index is 1.95. The molecule has 0 aliphatic heterocycles. The maximum absolute atomic E-state index is 11.8. The average molecular weight is 379 g/mol. The summed E-state index contributed by atoms with van der Waals surface area (Å²) in [6.07, 6.45) is 4.03. The summed E-state index contributed by atoms with van der Waals surface area (Å²) in [5.41, 5.74) is 3.69. The second-order valence-electron chi connectivity index (χ2n) is 5.65. The minimum Gasteiger partial charge on any atom is -0.355 e. The smallest absolute Gasteiger partial charge is 0.230 e. The van der Waals surface area contributed by atoms with Crippen molar-refractivity contribution in [1.82, 2.24) is 15.5 Å². The number of nitrogens with zero attached hydrogens (tertiary/aromatic N) is 2. The minimum atomic E-state index is 0.0488. The summed E-state index contributed by atoms with van der Waals surface area (Å²) in [7, 11) is 0. The first-order chi connectivity index (χ1) is 12.2. The van der Waals surface area contributed by atoms with Crippen molar-refractivity contribution in [3.63, 3.8) is 0 Å². The third kappa shape index (κ3) is 6.01. The molecular formula is C18H26N4OS2. The van der Waals surface area contributed by atoms with Gasteiger partial charge in [-0.05, 0) is 30.4 Å². The van der Waals surface area contributed by atoms with Crippen LogP contribution in [0.15, 0.2) is 22.5 Å². The first-order valence-corrected chi connectivity index (χ1v) is 10.6. The summed E-state index contributed by atoms with van der Waals surface area (Å²) in [5, 5.41) is 15.5. The highest BCUT2D eigenvalue weighted by atomic mass is 32.2. The van der Waals surface area contributed by atoms with Crippen LogP contribution in [0.5, 0.6) is 0 Å². The zero-order chi connectivity index (χ0) is 18.1. The van der Waals surface area contributed by atoms with Crippen LogP contribution in [0.4, 0.5) is 10.8 Å². The third-order valence-electron chi connectivity index (χ3n) is 3.82. The second-order valence-corrected chi connectivity index (χ2v) is 7.85. The Hall–Kier alpha value is -1.60. The van der Waals surface area contributed by atoms with Crippen LogP contribution in [0.25, 0.3) is 0 Å². The summed E-state index contributed by atoms with van der Waals surface area (Å²) in [6, 6.07) is 6.37. The number of anilines is 2. The molecule has 0 bridgehead atoms. The molecule has 0 atom stereocenters. The number of rotatable bonds is 10. The second kappa shape index (κ2) is 10.4. The fourth-order valence-electron chi connectivity index (χ4n) is 2.41. The van der Waals surface area contributed by atoms with Crippen molar-refractivity contribution in [1.29, 1.82) is 0 Å². The van der Waals surface area contributed by atoms with Gasteiger partial charge in [-0.1, -0.05) is 68.5 Å². The normalized spacial score (nSPS) is 10.7. The van der Waals surface area contributed by atoms with E-state index in [9.17, 15) is 4.79 Å². The van der Waals surface area contributed by atoms with E-state index in [0.29, 0.717) is 5.75 Å². The van der Waals surface area contributed by atoms with Gasteiger partial charge in [-0.2, -0.15) is 0 Å². The lowest BCUT2D eigenvalue weighted by Crippen LogP contribution is -2.25. The Morgan fingerprint density at radius 2 is 1.88 bits per heavy atom. The monoisotopic (exact) mass is 378 g/mol. The molecule has 2 rings (SSSR count). The molecule has 25 heavy (non-hydrogen) atoms. The molecule has 0 unspecified atom stereocenters. The number of carbonyl (C=O) groups is 1. The Morgan fingerprint density at radius 1 is 1.16 bits per heavy atom. The largest absolute Gasteiger partial charge is 0.355 e. The molecule has 136 valence electrons. The number of aromatic nitrogens is 2. The lowest BCUT2D eigenvalue weighted by atomic mass is 10.0. The summed E-state index contributed by atoms with van der Waals surface area (Å²) >= 11 is 2.92. The number of benzene rings is 1. The average Bonchev–Trinajstić information content (AvgIpc) is 3.08. The number of carbonyl (C=O) groups excluding carboxylic acids is 1. The van der Waals surface area contributed by atoms with Gasteiger partial charge >= 0.3 is 0 Å². The molecule has 0 aliphatic rings. The van der Waals surface area contributed by atoms with E-state index in [4.69, 9.17) is 0 Å². The number of nitrogens with one attached hydrogen (secondary N) is 2. The molecule has 0 saturated heterocycles. The SMILES string of the molecule is CCCCNC(=O)CSc1nnc(Nc2c(CC)cccc2CC)s1. The minimum absolute atomic E-state index is 0.0488. The number of para-hydroxylation sites is 1. The van der Waals surface area contributed by atoms with Crippen LogP contribution in [0, 0.1) is 0 Å². The van der Waals surface area contributed by atoms with Crippen molar-refractivity contribution in [3.8, 4) is 0 Å². The van der Waals surface area contributed by atoms with Crippen LogP contribution < -0.4 is 10.6 Å². The van der Waals surface area contributed by atoms with E-state index in [0.717, 1.165) is 47.4 Å². The van der Waals surface area contributed by atoms with Crippen LogP contribution >= 0.6 is 23.1 Å². The van der Waals surface area contributed by atoms with Gasteiger partial charge in [0, 0.05) is 12.2 Å². The molecule has 2 aromatic rings. The predicted octanol–water partition coefficient (Wildman–Crippen LogP) is 4.41. The lowest BCUT2D eigenvalue weighted by molar-refractivity contribution is -0.118. The molecule has 0 spiro atoms. The van der Waals surface area contributed by atoms with Crippen LogP contribution in [0.3, 0.4) is 0 Å². The van der Waals surface area contributed by atoms with Crippen molar-refractivity contribution in [2.45, 2.75) is 50.8 Å². The third-order valence-corrected chi connectivity index (χ3v) is 5.79. The first kappa shape index (κ1) is 19.7. The van der Waals surface area contributed by atoms with Crippen LogP contribution in [0.2, 0.25) is 0 Å². The fourth-order valence-corrected chi connectivity index (χ4v) is 4.00. The molecule has 7 heteroatoms. The van der Waals surface area contributed by atoms with Crippen molar-refractivity contribution in [2.75, 3.05) is 17.6 Å². The molecule has 1 amide bonds. The molecular weight excluding hydrogens is 352 g/mol. The van der Waals surface area contributed by atoms with Gasteiger partial charge in [-0.15, -0.1) is 10.2 Å². The van der Waals surface area contributed by atoms with Gasteiger partial charge in [0.1, 0.15) is 0 Å². The molecule has 1 aromatic heterocycles. The van der Waals surface area contributed by atoms with E-state index in [2.05, 4.69) is 59.8 Å². The van der Waals surface area contributed by atoms with Gasteiger partial charge in [0.2, 0.25) is 11.0 Å². The van der Waals surface area contributed by atoms with Crippen LogP contribution in [0.1, 0.15) is 44.7 Å². The lowest BCUT2D eigenvalue weighted by Gasteiger charge is -2.13. The van der Waals surface area contributed by atoms with E-state index in [1.807, 2.05) is 0 Å². The number of unbranched alkanes of at least 4 members (excludes halogenated alkanes) is 1. The summed E-state index contributed by atoms with van der Waals surface area (Å²) in [5.74, 6) is 0.428. The van der Waals surface area contributed by atoms with E-state index < -0.39 is 0 Å². The highest BCUT2D eigenvalue weighted by molar-refractivity contribution is 8.01. The number of aryl methyl sites for hydroxylation is 2. The number of amides is 1. The van der Waals surface area contributed by atoms with Gasteiger partial charge in [0.25, 0.3) is 0 Å². The van der Waals surface area contributed by atoms with Crippen LogP contribution in [-0.4, -0.2) is 28.4 Å². The molecule has 1 heterocycles. The molecule has 1 aromatic carbocycles.